The number of piperazine rings is 1. The average Bonchev–Trinajstić information content (AvgIpc) is 2.63. The fourth-order valence-electron chi connectivity index (χ4n) is 2.59. The largest absolute Gasteiger partial charge is 0.353 e. The zero-order valence-electron chi connectivity index (χ0n) is 12.8. The molecule has 0 radical (unpaired) electrons. The van der Waals surface area contributed by atoms with Crippen LogP contribution in [-0.4, -0.2) is 42.0 Å². The molecule has 1 aromatic carbocycles. The molecule has 1 aliphatic rings. The molecule has 0 saturated carbocycles. The number of hydrogen-bond donors (Lipinski definition) is 0. The average molecular weight is 374 g/mol. The van der Waals surface area contributed by atoms with Crippen LogP contribution in [0.3, 0.4) is 0 Å². The molecule has 9 heteroatoms. The monoisotopic (exact) mass is 373 g/mol. The van der Waals surface area contributed by atoms with Crippen LogP contribution in [0, 0.1) is 23.3 Å². The van der Waals surface area contributed by atoms with E-state index in [-0.39, 0.29) is 13.1 Å². The number of halogens is 5. The van der Waals surface area contributed by atoms with E-state index in [9.17, 15) is 22.4 Å². The van der Waals surface area contributed by atoms with Gasteiger partial charge in [-0.15, -0.1) is 0 Å². The van der Waals surface area contributed by atoms with Crippen molar-refractivity contribution in [2.75, 3.05) is 31.1 Å². The van der Waals surface area contributed by atoms with Gasteiger partial charge in [0.05, 0.1) is 11.8 Å². The molecule has 1 aliphatic heterocycles. The molecule has 132 valence electrons. The van der Waals surface area contributed by atoms with Crippen molar-refractivity contribution in [2.45, 2.75) is 0 Å². The number of benzene rings is 1. The third-order valence-electron chi connectivity index (χ3n) is 3.94. The van der Waals surface area contributed by atoms with Gasteiger partial charge in [0.1, 0.15) is 16.7 Å². The number of hydrogen-bond acceptors (Lipinski definition) is 3. The quantitative estimate of drug-likeness (QED) is 0.460. The van der Waals surface area contributed by atoms with Crippen LogP contribution in [0.5, 0.6) is 0 Å². The fraction of sp³-hybridized carbons (Fsp3) is 0.250. The van der Waals surface area contributed by atoms with Gasteiger partial charge in [-0.05, 0) is 18.2 Å². The second-order valence-corrected chi connectivity index (χ2v) is 5.84. The van der Waals surface area contributed by atoms with E-state index in [1.165, 1.54) is 17.0 Å². The highest BCUT2D eigenvalue weighted by Crippen LogP contribution is 2.26. The first kappa shape index (κ1) is 17.5. The number of carbonyl (C=O) groups is 1. The number of nitrogens with zero attached hydrogens (tertiary/aromatic N) is 3. The molecule has 0 bridgehead atoms. The Hall–Kier alpha value is -2.35. The van der Waals surface area contributed by atoms with Crippen molar-refractivity contribution in [1.29, 1.82) is 0 Å². The lowest BCUT2D eigenvalue weighted by Gasteiger charge is -2.35. The normalized spacial score (nSPS) is 14.8. The number of pyridine rings is 1. The van der Waals surface area contributed by atoms with Gasteiger partial charge in [-0.25, -0.2) is 22.5 Å². The summed E-state index contributed by atoms with van der Waals surface area (Å²) in [4.78, 5) is 19.5. The van der Waals surface area contributed by atoms with Gasteiger partial charge in [-0.1, -0.05) is 11.6 Å². The van der Waals surface area contributed by atoms with Gasteiger partial charge >= 0.3 is 0 Å². The third kappa shape index (κ3) is 3.39. The van der Waals surface area contributed by atoms with Crippen molar-refractivity contribution in [2.24, 2.45) is 0 Å². The summed E-state index contributed by atoms with van der Waals surface area (Å²) in [6, 6.07) is 3.30. The third-order valence-corrected chi connectivity index (χ3v) is 4.27. The number of carbonyl (C=O) groups excluding carboxylic acids is 1. The van der Waals surface area contributed by atoms with Crippen molar-refractivity contribution in [1.82, 2.24) is 9.88 Å². The Kier molecular flexibility index (Phi) is 4.80. The highest BCUT2D eigenvalue weighted by Gasteiger charge is 2.28. The predicted molar refractivity (Wildman–Crippen MR) is 83.6 cm³/mol. The Morgan fingerprint density at radius 2 is 1.72 bits per heavy atom. The minimum atomic E-state index is -1.53. The second-order valence-electron chi connectivity index (χ2n) is 5.46. The van der Waals surface area contributed by atoms with Gasteiger partial charge in [0.2, 0.25) is 0 Å². The van der Waals surface area contributed by atoms with E-state index in [2.05, 4.69) is 4.98 Å². The summed E-state index contributed by atoms with van der Waals surface area (Å²) in [7, 11) is 0. The Morgan fingerprint density at radius 1 is 1.04 bits per heavy atom. The molecule has 0 spiro atoms. The van der Waals surface area contributed by atoms with Gasteiger partial charge in [0, 0.05) is 26.2 Å². The van der Waals surface area contributed by atoms with Gasteiger partial charge in [-0.2, -0.15) is 0 Å². The van der Waals surface area contributed by atoms with Crippen LogP contribution >= 0.6 is 11.6 Å². The lowest BCUT2D eigenvalue weighted by molar-refractivity contribution is 0.0741. The van der Waals surface area contributed by atoms with E-state index < -0.39 is 39.8 Å². The Balaban J connectivity index is 1.73. The molecular weight excluding hydrogens is 362 g/mol. The van der Waals surface area contributed by atoms with Gasteiger partial charge in [0.15, 0.2) is 17.5 Å². The van der Waals surface area contributed by atoms with Gasteiger partial charge < -0.3 is 9.80 Å². The molecule has 1 saturated heterocycles. The molecule has 0 unspecified atom stereocenters. The molecule has 0 aliphatic carbocycles. The second kappa shape index (κ2) is 6.87. The molecule has 1 fully saturated rings. The van der Waals surface area contributed by atoms with Crippen LogP contribution in [0.4, 0.5) is 23.4 Å². The topological polar surface area (TPSA) is 36.4 Å². The van der Waals surface area contributed by atoms with Crippen LogP contribution in [0.15, 0.2) is 24.4 Å². The molecule has 0 atom stereocenters. The van der Waals surface area contributed by atoms with E-state index in [0.29, 0.717) is 25.0 Å². The highest BCUT2D eigenvalue weighted by molar-refractivity contribution is 6.31. The van der Waals surface area contributed by atoms with Crippen LogP contribution in [0.25, 0.3) is 0 Å². The summed E-state index contributed by atoms with van der Waals surface area (Å²) >= 11 is 5.38. The molecular formula is C16H12ClF4N3O. The van der Waals surface area contributed by atoms with E-state index in [0.717, 1.165) is 6.20 Å². The molecule has 1 aromatic heterocycles. The summed E-state index contributed by atoms with van der Waals surface area (Å²) in [6.07, 6.45) is 1.09. The number of rotatable bonds is 2. The first-order valence-corrected chi connectivity index (χ1v) is 7.75. The number of anilines is 1. The van der Waals surface area contributed by atoms with Crippen molar-refractivity contribution < 1.29 is 22.4 Å². The van der Waals surface area contributed by atoms with Crippen molar-refractivity contribution in [3.8, 4) is 0 Å². The summed E-state index contributed by atoms with van der Waals surface area (Å²) in [5.41, 5.74) is -0.614. The molecule has 4 nitrogen and oxygen atoms in total. The fourth-order valence-corrected chi connectivity index (χ4v) is 2.78. The van der Waals surface area contributed by atoms with Gasteiger partial charge in [-0.3, -0.25) is 4.79 Å². The zero-order valence-corrected chi connectivity index (χ0v) is 13.5. The summed E-state index contributed by atoms with van der Waals surface area (Å²) in [5.74, 6) is -4.87. The molecule has 2 heterocycles. The molecule has 1 amide bonds. The summed E-state index contributed by atoms with van der Waals surface area (Å²) < 4.78 is 53.5. The van der Waals surface area contributed by atoms with Crippen LogP contribution in [0.2, 0.25) is 5.02 Å². The minimum absolute atomic E-state index is 0.216. The zero-order chi connectivity index (χ0) is 18.1. The molecule has 25 heavy (non-hydrogen) atoms. The van der Waals surface area contributed by atoms with Crippen molar-refractivity contribution in [3.63, 3.8) is 0 Å². The SMILES string of the molecule is O=C(c1cc(F)c(F)c(Cl)c1F)N1CCN(c2ccc(F)cn2)CC1. The Bertz CT molecular complexity index is 808. The van der Waals surface area contributed by atoms with E-state index in [1.807, 2.05) is 4.90 Å². The highest BCUT2D eigenvalue weighted by atomic mass is 35.5. The van der Waals surface area contributed by atoms with Crippen molar-refractivity contribution >= 4 is 23.3 Å². The van der Waals surface area contributed by atoms with Gasteiger partial charge in [0.25, 0.3) is 5.91 Å². The van der Waals surface area contributed by atoms with Crippen molar-refractivity contribution in [3.05, 3.63) is 58.3 Å². The summed E-state index contributed by atoms with van der Waals surface area (Å²) in [6.45, 7) is 1.19. The van der Waals surface area contributed by atoms with Crippen LogP contribution < -0.4 is 4.90 Å². The maximum absolute atomic E-state index is 14.0. The maximum atomic E-state index is 14.0. The van der Waals surface area contributed by atoms with E-state index in [1.54, 1.807) is 0 Å². The first-order chi connectivity index (χ1) is 11.9. The van der Waals surface area contributed by atoms with E-state index in [4.69, 9.17) is 11.6 Å². The predicted octanol–water partition coefficient (Wildman–Crippen LogP) is 3.25. The maximum Gasteiger partial charge on any atom is 0.257 e. The van der Waals surface area contributed by atoms with Crippen LogP contribution in [0.1, 0.15) is 10.4 Å². The minimum Gasteiger partial charge on any atom is -0.353 e. The number of amides is 1. The summed E-state index contributed by atoms with van der Waals surface area (Å²) in [5, 5.41) is -1.04. The molecule has 2 aromatic rings. The number of aromatic nitrogens is 1. The lowest BCUT2D eigenvalue weighted by Crippen LogP contribution is -2.49. The Labute approximate surface area is 145 Å². The first-order valence-electron chi connectivity index (χ1n) is 7.37. The smallest absolute Gasteiger partial charge is 0.257 e. The standard InChI is InChI=1S/C16H12ClF4N3O/c17-13-14(20)10(7-11(19)15(13)21)16(25)24-5-3-23(4-6-24)12-2-1-9(18)8-22-12/h1-2,7-8H,3-6H2. The lowest BCUT2D eigenvalue weighted by atomic mass is 10.1. The van der Waals surface area contributed by atoms with E-state index >= 15 is 0 Å². The van der Waals surface area contributed by atoms with Crippen LogP contribution in [-0.2, 0) is 0 Å². The molecule has 3 rings (SSSR count). The molecule has 0 N–H and O–H groups in total. The Morgan fingerprint density at radius 3 is 2.32 bits per heavy atom.